The molecule has 1 aromatic carbocycles. The second-order valence-electron chi connectivity index (χ2n) is 4.20. The van der Waals surface area contributed by atoms with E-state index in [1.807, 2.05) is 31.2 Å². The Labute approximate surface area is 112 Å². The molecule has 0 aliphatic carbocycles. The second kappa shape index (κ2) is 7.01. The van der Waals surface area contributed by atoms with Gasteiger partial charge in [-0.25, -0.2) is 0 Å². The highest BCUT2D eigenvalue weighted by Crippen LogP contribution is 2.13. The first-order valence-corrected chi connectivity index (χ1v) is 6.49. The van der Waals surface area contributed by atoms with E-state index in [2.05, 4.69) is 10.1 Å². The van der Waals surface area contributed by atoms with Crippen molar-refractivity contribution in [3.63, 3.8) is 0 Å². The molecule has 2 aromatic rings. The SMILES string of the molecule is CCOCCc1noc(Cc2ccccc2CN)n1. The van der Waals surface area contributed by atoms with Crippen molar-refractivity contribution in [2.75, 3.05) is 13.2 Å². The number of rotatable bonds is 7. The van der Waals surface area contributed by atoms with Crippen LogP contribution in [0.25, 0.3) is 0 Å². The Balaban J connectivity index is 1.99. The van der Waals surface area contributed by atoms with Gasteiger partial charge < -0.3 is 15.0 Å². The van der Waals surface area contributed by atoms with Gasteiger partial charge in [0.1, 0.15) is 0 Å². The summed E-state index contributed by atoms with van der Waals surface area (Å²) >= 11 is 0. The van der Waals surface area contributed by atoms with Crippen molar-refractivity contribution in [3.8, 4) is 0 Å². The van der Waals surface area contributed by atoms with Crippen LogP contribution in [0.2, 0.25) is 0 Å². The summed E-state index contributed by atoms with van der Waals surface area (Å²) in [5, 5.41) is 3.94. The Bertz CT molecular complexity index is 511. The molecule has 0 spiro atoms. The Morgan fingerprint density at radius 1 is 1.26 bits per heavy atom. The van der Waals surface area contributed by atoms with Crippen LogP contribution in [-0.4, -0.2) is 23.4 Å². The summed E-state index contributed by atoms with van der Waals surface area (Å²) in [5.41, 5.74) is 7.94. The van der Waals surface area contributed by atoms with E-state index in [0.717, 1.165) is 11.1 Å². The van der Waals surface area contributed by atoms with Crippen molar-refractivity contribution in [2.24, 2.45) is 5.73 Å². The van der Waals surface area contributed by atoms with Gasteiger partial charge in [-0.15, -0.1) is 0 Å². The van der Waals surface area contributed by atoms with Gasteiger partial charge in [0.2, 0.25) is 5.89 Å². The van der Waals surface area contributed by atoms with Crippen LogP contribution in [0, 0.1) is 0 Å². The number of nitrogens with two attached hydrogens (primary N) is 1. The minimum Gasteiger partial charge on any atom is -0.381 e. The van der Waals surface area contributed by atoms with Gasteiger partial charge in [0.15, 0.2) is 5.82 Å². The lowest BCUT2D eigenvalue weighted by Gasteiger charge is -2.03. The predicted molar refractivity (Wildman–Crippen MR) is 71.6 cm³/mol. The molecule has 2 rings (SSSR count). The number of benzene rings is 1. The van der Waals surface area contributed by atoms with E-state index in [1.165, 1.54) is 0 Å². The average Bonchev–Trinajstić information content (AvgIpc) is 2.87. The van der Waals surface area contributed by atoms with Crippen LogP contribution in [0.15, 0.2) is 28.8 Å². The summed E-state index contributed by atoms with van der Waals surface area (Å²) in [6, 6.07) is 8.02. The summed E-state index contributed by atoms with van der Waals surface area (Å²) in [5.74, 6) is 1.31. The topological polar surface area (TPSA) is 74.2 Å². The molecule has 19 heavy (non-hydrogen) atoms. The van der Waals surface area contributed by atoms with Gasteiger partial charge in [-0.1, -0.05) is 29.4 Å². The monoisotopic (exact) mass is 261 g/mol. The first-order valence-electron chi connectivity index (χ1n) is 6.49. The maximum Gasteiger partial charge on any atom is 0.231 e. The van der Waals surface area contributed by atoms with Crippen LogP contribution in [0.4, 0.5) is 0 Å². The van der Waals surface area contributed by atoms with Gasteiger partial charge >= 0.3 is 0 Å². The van der Waals surface area contributed by atoms with E-state index in [4.69, 9.17) is 15.0 Å². The van der Waals surface area contributed by atoms with Crippen LogP contribution in [-0.2, 0) is 24.1 Å². The molecule has 0 atom stereocenters. The fraction of sp³-hybridized carbons (Fsp3) is 0.429. The van der Waals surface area contributed by atoms with Crippen LogP contribution in [0.1, 0.15) is 29.8 Å². The van der Waals surface area contributed by atoms with Crippen LogP contribution < -0.4 is 5.73 Å². The van der Waals surface area contributed by atoms with Gasteiger partial charge in [0.25, 0.3) is 0 Å². The van der Waals surface area contributed by atoms with Crippen molar-refractivity contribution in [1.82, 2.24) is 10.1 Å². The molecule has 0 radical (unpaired) electrons. The van der Waals surface area contributed by atoms with Gasteiger partial charge in [0.05, 0.1) is 13.0 Å². The molecule has 1 heterocycles. The molecule has 102 valence electrons. The van der Waals surface area contributed by atoms with Crippen molar-refractivity contribution in [1.29, 1.82) is 0 Å². The number of nitrogens with zero attached hydrogens (tertiary/aromatic N) is 2. The zero-order chi connectivity index (χ0) is 13.5. The number of ether oxygens (including phenoxy) is 1. The fourth-order valence-electron chi connectivity index (χ4n) is 1.86. The largest absolute Gasteiger partial charge is 0.381 e. The van der Waals surface area contributed by atoms with E-state index in [9.17, 15) is 0 Å². The Hall–Kier alpha value is -1.72. The number of aromatic nitrogens is 2. The van der Waals surface area contributed by atoms with Crippen LogP contribution in [0.5, 0.6) is 0 Å². The average molecular weight is 261 g/mol. The third kappa shape index (κ3) is 3.87. The molecule has 1 aromatic heterocycles. The highest BCUT2D eigenvalue weighted by atomic mass is 16.5. The van der Waals surface area contributed by atoms with E-state index in [0.29, 0.717) is 44.3 Å². The van der Waals surface area contributed by atoms with E-state index in [-0.39, 0.29) is 0 Å². The summed E-state index contributed by atoms with van der Waals surface area (Å²) in [4.78, 5) is 4.35. The summed E-state index contributed by atoms with van der Waals surface area (Å²) < 4.78 is 10.5. The molecule has 0 unspecified atom stereocenters. The lowest BCUT2D eigenvalue weighted by atomic mass is 10.0. The molecule has 5 nitrogen and oxygen atoms in total. The minimum atomic E-state index is 0.515. The standard InChI is InChI=1S/C14H19N3O2/c1-2-18-8-7-13-16-14(19-17-13)9-11-5-3-4-6-12(11)10-15/h3-6H,2,7-10,15H2,1H3. The summed E-state index contributed by atoms with van der Waals surface area (Å²) in [6.07, 6.45) is 1.30. The molecular formula is C14H19N3O2. The third-order valence-electron chi connectivity index (χ3n) is 2.86. The van der Waals surface area contributed by atoms with Crippen molar-refractivity contribution in [3.05, 3.63) is 47.1 Å². The summed E-state index contributed by atoms with van der Waals surface area (Å²) in [7, 11) is 0. The minimum absolute atomic E-state index is 0.515. The van der Waals surface area contributed by atoms with Crippen LogP contribution >= 0.6 is 0 Å². The lowest BCUT2D eigenvalue weighted by molar-refractivity contribution is 0.149. The van der Waals surface area contributed by atoms with Gasteiger partial charge in [0, 0.05) is 19.6 Å². The Morgan fingerprint density at radius 3 is 2.79 bits per heavy atom. The Kier molecular flexibility index (Phi) is 5.06. The normalized spacial score (nSPS) is 10.8. The van der Waals surface area contributed by atoms with Gasteiger partial charge in [-0.05, 0) is 18.1 Å². The number of hydrogen-bond donors (Lipinski definition) is 1. The molecule has 0 aliphatic heterocycles. The van der Waals surface area contributed by atoms with E-state index in [1.54, 1.807) is 0 Å². The van der Waals surface area contributed by atoms with E-state index < -0.39 is 0 Å². The van der Waals surface area contributed by atoms with Crippen molar-refractivity contribution >= 4 is 0 Å². The number of hydrogen-bond acceptors (Lipinski definition) is 5. The zero-order valence-corrected chi connectivity index (χ0v) is 11.1. The van der Waals surface area contributed by atoms with Crippen molar-refractivity contribution < 1.29 is 9.26 Å². The quantitative estimate of drug-likeness (QED) is 0.768. The molecule has 0 saturated carbocycles. The van der Waals surface area contributed by atoms with Crippen molar-refractivity contribution in [2.45, 2.75) is 26.3 Å². The zero-order valence-electron chi connectivity index (χ0n) is 11.1. The van der Waals surface area contributed by atoms with E-state index >= 15 is 0 Å². The Morgan fingerprint density at radius 2 is 2.05 bits per heavy atom. The second-order valence-corrected chi connectivity index (χ2v) is 4.20. The maximum atomic E-state index is 5.71. The third-order valence-corrected chi connectivity index (χ3v) is 2.86. The molecule has 0 bridgehead atoms. The first-order chi connectivity index (χ1) is 9.33. The molecule has 0 fully saturated rings. The molecule has 5 heteroatoms. The fourth-order valence-corrected chi connectivity index (χ4v) is 1.86. The highest BCUT2D eigenvalue weighted by Gasteiger charge is 2.09. The van der Waals surface area contributed by atoms with Gasteiger partial charge in [-0.2, -0.15) is 4.98 Å². The van der Waals surface area contributed by atoms with Gasteiger partial charge in [-0.3, -0.25) is 0 Å². The maximum absolute atomic E-state index is 5.71. The highest BCUT2D eigenvalue weighted by molar-refractivity contribution is 5.28. The molecule has 2 N–H and O–H groups in total. The lowest BCUT2D eigenvalue weighted by Crippen LogP contribution is -2.02. The first kappa shape index (κ1) is 13.7. The smallest absolute Gasteiger partial charge is 0.231 e. The van der Waals surface area contributed by atoms with Crippen LogP contribution in [0.3, 0.4) is 0 Å². The predicted octanol–water partition coefficient (Wildman–Crippen LogP) is 1.70. The molecule has 0 aliphatic rings. The molecule has 0 amide bonds. The molecular weight excluding hydrogens is 242 g/mol. The molecule has 0 saturated heterocycles. The summed E-state index contributed by atoms with van der Waals surface area (Å²) in [6.45, 7) is 3.80.